The zero-order valence-corrected chi connectivity index (χ0v) is 17.5. The summed E-state index contributed by atoms with van der Waals surface area (Å²) >= 11 is 0. The van der Waals surface area contributed by atoms with Gasteiger partial charge in [0.2, 0.25) is 5.88 Å². The number of carbonyl (C=O) groups excluding carboxylic acids is 1. The summed E-state index contributed by atoms with van der Waals surface area (Å²) in [5.41, 5.74) is 0.942. The van der Waals surface area contributed by atoms with E-state index in [1.165, 1.54) is 24.1 Å². The van der Waals surface area contributed by atoms with E-state index in [1.807, 2.05) is 6.92 Å². The molecule has 1 amide bonds. The van der Waals surface area contributed by atoms with E-state index in [-0.39, 0.29) is 22.5 Å². The van der Waals surface area contributed by atoms with Crippen molar-refractivity contribution in [3.8, 4) is 22.9 Å². The lowest BCUT2D eigenvalue weighted by Crippen LogP contribution is -2.25. The molecule has 1 aromatic carbocycles. The Bertz CT molecular complexity index is 1230. The van der Waals surface area contributed by atoms with Crippen molar-refractivity contribution in [1.82, 2.24) is 20.1 Å². The van der Waals surface area contributed by atoms with E-state index in [9.17, 15) is 22.4 Å². The molecule has 0 aliphatic carbocycles. The highest BCUT2D eigenvalue weighted by Crippen LogP contribution is 2.25. The monoisotopic (exact) mass is 465 g/mol. The molecule has 3 rings (SSSR count). The second-order valence-corrected chi connectivity index (χ2v) is 6.68. The molecular formula is C21H19F4N5O3. The van der Waals surface area contributed by atoms with Crippen molar-refractivity contribution >= 4 is 5.91 Å². The molecule has 8 nitrogen and oxygen atoms in total. The predicted molar refractivity (Wildman–Crippen MR) is 108 cm³/mol. The molecule has 0 bridgehead atoms. The number of halogens is 4. The summed E-state index contributed by atoms with van der Waals surface area (Å²) in [6.45, 7) is 1.88. The molecular weight excluding hydrogens is 446 g/mol. The number of nitrogens with one attached hydrogen (secondary N) is 2. The van der Waals surface area contributed by atoms with Crippen molar-refractivity contribution in [3.63, 3.8) is 0 Å². The number of benzene rings is 1. The number of aryl methyl sites for hydroxylation is 1. The Kier molecular flexibility index (Phi) is 6.95. The summed E-state index contributed by atoms with van der Waals surface area (Å²) in [4.78, 5) is 16.9. The van der Waals surface area contributed by atoms with Crippen LogP contribution in [0.25, 0.3) is 11.3 Å². The Morgan fingerprint density at radius 2 is 1.97 bits per heavy atom. The van der Waals surface area contributed by atoms with E-state index >= 15 is 0 Å². The number of nitrogens with zero attached hydrogens (tertiary/aromatic N) is 3. The third-order valence-electron chi connectivity index (χ3n) is 4.48. The standard InChI is InChI=1S/C21H19F4N5O3/c1-3-30-18(26)7-6-17(29-30)13-9-15(20(32-2)28-11-13)19(31)27-10-12-8-14(4-5-16(12)22)33-21(23,24)25/h4-9,11,26H,3,10H2,1-2H3,(H,27,31). The van der Waals surface area contributed by atoms with Gasteiger partial charge in [-0.3, -0.25) is 10.2 Å². The maximum Gasteiger partial charge on any atom is 0.573 e. The Hall–Kier alpha value is -3.96. The number of carbonyl (C=O) groups is 1. The fourth-order valence-corrected chi connectivity index (χ4v) is 2.93. The van der Waals surface area contributed by atoms with Crippen molar-refractivity contribution in [2.24, 2.45) is 0 Å². The van der Waals surface area contributed by atoms with E-state index in [1.54, 1.807) is 12.1 Å². The van der Waals surface area contributed by atoms with E-state index in [0.717, 1.165) is 18.2 Å². The summed E-state index contributed by atoms with van der Waals surface area (Å²) in [7, 11) is 1.31. The second-order valence-electron chi connectivity index (χ2n) is 6.68. The van der Waals surface area contributed by atoms with Gasteiger partial charge in [0.15, 0.2) is 0 Å². The smallest absolute Gasteiger partial charge is 0.480 e. The van der Waals surface area contributed by atoms with Gasteiger partial charge in [0.25, 0.3) is 5.91 Å². The van der Waals surface area contributed by atoms with Crippen LogP contribution in [0, 0.1) is 11.2 Å². The molecule has 0 unspecified atom stereocenters. The van der Waals surface area contributed by atoms with Crippen LogP contribution in [-0.4, -0.2) is 34.1 Å². The topological polar surface area (TPSA) is 102 Å². The van der Waals surface area contributed by atoms with Gasteiger partial charge in [-0.05, 0) is 43.3 Å². The number of alkyl halides is 3. The zero-order valence-electron chi connectivity index (χ0n) is 17.5. The number of aromatic nitrogens is 3. The fourth-order valence-electron chi connectivity index (χ4n) is 2.93. The largest absolute Gasteiger partial charge is 0.573 e. The summed E-state index contributed by atoms with van der Waals surface area (Å²) in [5.74, 6) is -2.12. The summed E-state index contributed by atoms with van der Waals surface area (Å²) in [6, 6.07) is 7.12. The number of hydrogen-bond acceptors (Lipinski definition) is 6. The molecule has 33 heavy (non-hydrogen) atoms. The minimum atomic E-state index is -4.93. The molecule has 0 aliphatic rings. The quantitative estimate of drug-likeness (QED) is 0.521. The maximum atomic E-state index is 14.0. The first kappa shape index (κ1) is 23.7. The van der Waals surface area contributed by atoms with Gasteiger partial charge in [-0.2, -0.15) is 5.10 Å². The molecule has 0 saturated carbocycles. The van der Waals surface area contributed by atoms with Gasteiger partial charge >= 0.3 is 6.36 Å². The van der Waals surface area contributed by atoms with Gasteiger partial charge in [0.1, 0.15) is 22.6 Å². The second kappa shape index (κ2) is 9.67. The lowest BCUT2D eigenvalue weighted by atomic mass is 10.1. The highest BCUT2D eigenvalue weighted by atomic mass is 19.4. The Morgan fingerprint density at radius 3 is 2.64 bits per heavy atom. The number of rotatable bonds is 7. The van der Waals surface area contributed by atoms with Crippen LogP contribution in [0.15, 0.2) is 42.6 Å². The number of pyridine rings is 1. The van der Waals surface area contributed by atoms with Gasteiger partial charge in [-0.15, -0.1) is 13.2 Å². The molecule has 0 radical (unpaired) electrons. The molecule has 2 heterocycles. The van der Waals surface area contributed by atoms with Crippen LogP contribution in [0.4, 0.5) is 17.6 Å². The van der Waals surface area contributed by atoms with E-state index in [2.05, 4.69) is 20.1 Å². The summed E-state index contributed by atoms with van der Waals surface area (Å²) in [5, 5.41) is 14.6. The average molecular weight is 465 g/mol. The van der Waals surface area contributed by atoms with Gasteiger partial charge in [-0.1, -0.05) is 0 Å². The molecule has 3 aromatic rings. The van der Waals surface area contributed by atoms with Crippen molar-refractivity contribution in [3.05, 3.63) is 65.0 Å². The van der Waals surface area contributed by atoms with E-state index in [0.29, 0.717) is 17.8 Å². The van der Waals surface area contributed by atoms with Gasteiger partial charge in [0.05, 0.1) is 12.8 Å². The van der Waals surface area contributed by atoms with Crippen molar-refractivity contribution in [2.75, 3.05) is 7.11 Å². The maximum absolute atomic E-state index is 14.0. The highest BCUT2D eigenvalue weighted by molar-refractivity contribution is 5.97. The van der Waals surface area contributed by atoms with Crippen molar-refractivity contribution in [1.29, 1.82) is 5.41 Å². The highest BCUT2D eigenvalue weighted by Gasteiger charge is 2.31. The lowest BCUT2D eigenvalue weighted by molar-refractivity contribution is -0.274. The normalized spacial score (nSPS) is 11.2. The van der Waals surface area contributed by atoms with Crippen LogP contribution in [0.2, 0.25) is 0 Å². The van der Waals surface area contributed by atoms with Gasteiger partial charge in [0, 0.05) is 30.4 Å². The minimum Gasteiger partial charge on any atom is -0.480 e. The SMILES string of the molecule is CCn1nc(-c2cnc(OC)c(C(=O)NCc3cc(OC(F)(F)F)ccc3F)c2)ccc1=N. The number of methoxy groups -OCH3 is 1. The molecule has 2 N–H and O–H groups in total. The Balaban J connectivity index is 1.85. The van der Waals surface area contributed by atoms with Gasteiger partial charge in [-0.25, -0.2) is 14.1 Å². The lowest BCUT2D eigenvalue weighted by Gasteiger charge is -2.13. The minimum absolute atomic E-state index is 0.00800. The Labute approximate surface area is 185 Å². The van der Waals surface area contributed by atoms with Crippen molar-refractivity contribution < 1.29 is 31.8 Å². The van der Waals surface area contributed by atoms with Crippen LogP contribution < -0.4 is 20.3 Å². The number of hydrogen-bond donors (Lipinski definition) is 2. The molecule has 0 saturated heterocycles. The summed E-state index contributed by atoms with van der Waals surface area (Å²) < 4.78 is 61.7. The van der Waals surface area contributed by atoms with Crippen LogP contribution in [0.3, 0.4) is 0 Å². The molecule has 0 aliphatic heterocycles. The Morgan fingerprint density at radius 1 is 1.21 bits per heavy atom. The van der Waals surface area contributed by atoms with Crippen LogP contribution >= 0.6 is 0 Å². The molecule has 174 valence electrons. The van der Waals surface area contributed by atoms with E-state index in [4.69, 9.17) is 10.1 Å². The van der Waals surface area contributed by atoms with Gasteiger partial charge < -0.3 is 14.8 Å². The number of amides is 1. The molecule has 2 aromatic heterocycles. The zero-order chi connectivity index (χ0) is 24.2. The van der Waals surface area contributed by atoms with Crippen LogP contribution in [0.5, 0.6) is 11.6 Å². The third kappa shape index (κ3) is 5.84. The molecule has 12 heteroatoms. The number of ether oxygens (including phenoxy) is 2. The third-order valence-corrected chi connectivity index (χ3v) is 4.48. The van der Waals surface area contributed by atoms with Crippen molar-refractivity contribution in [2.45, 2.75) is 26.4 Å². The first-order valence-corrected chi connectivity index (χ1v) is 9.60. The first-order valence-electron chi connectivity index (χ1n) is 9.60. The molecule has 0 spiro atoms. The molecule has 0 atom stereocenters. The summed E-state index contributed by atoms with van der Waals surface area (Å²) in [6.07, 6.45) is -3.49. The average Bonchev–Trinajstić information content (AvgIpc) is 2.78. The van der Waals surface area contributed by atoms with E-state index < -0.39 is 30.4 Å². The fraction of sp³-hybridized carbons (Fsp3) is 0.238. The van der Waals surface area contributed by atoms with Crippen LogP contribution in [-0.2, 0) is 13.1 Å². The molecule has 0 fully saturated rings. The predicted octanol–water partition coefficient (Wildman–Crippen LogP) is 3.42. The first-order chi connectivity index (χ1) is 15.6. The van der Waals surface area contributed by atoms with Crippen LogP contribution in [0.1, 0.15) is 22.8 Å².